The van der Waals surface area contributed by atoms with Crippen LogP contribution in [0, 0.1) is 0 Å². The third-order valence-corrected chi connectivity index (χ3v) is 3.48. The fourth-order valence-corrected chi connectivity index (χ4v) is 2.25. The minimum absolute atomic E-state index is 0.119. The van der Waals surface area contributed by atoms with E-state index in [1.807, 2.05) is 0 Å². The second-order valence-electron chi connectivity index (χ2n) is 5.32. The minimum Gasteiger partial charge on any atom is -0.393 e. The second kappa shape index (κ2) is 8.92. The number of rotatable bonds is 2. The summed E-state index contributed by atoms with van der Waals surface area (Å²) in [5.41, 5.74) is -1.00. The minimum atomic E-state index is -1.65. The van der Waals surface area contributed by atoms with Gasteiger partial charge in [-0.2, -0.15) is 0 Å². The van der Waals surface area contributed by atoms with Crippen molar-refractivity contribution in [3.63, 3.8) is 0 Å². The molecule has 0 fully saturated rings. The molecule has 2 N–H and O–H groups in total. The number of aliphatic hydroxyl groups is 2. The molecule has 1 aromatic rings. The Kier molecular flexibility index (Phi) is 6.64. The first kappa shape index (κ1) is 19.3. The predicted octanol–water partition coefficient (Wildman–Crippen LogP) is 0.516. The van der Waals surface area contributed by atoms with Crippen LogP contribution in [-0.2, 0) is 29.1 Å². The normalized spacial score (nSPS) is 17.8. The maximum absolute atomic E-state index is 12.1. The molecule has 2 bridgehead atoms. The largest absolute Gasteiger partial charge is 0.393 e. The van der Waals surface area contributed by atoms with Crippen LogP contribution in [0.4, 0.5) is 0 Å². The number of fused-ring (bicyclic) bond motifs is 2. The topological polar surface area (TPSA) is 146 Å². The van der Waals surface area contributed by atoms with E-state index in [1.165, 1.54) is 18.2 Å². The second-order valence-corrected chi connectivity index (χ2v) is 5.32. The van der Waals surface area contributed by atoms with Crippen LogP contribution in [0.5, 0.6) is 0 Å². The van der Waals surface area contributed by atoms with E-state index >= 15 is 0 Å². The number of carbonyl (C=O) groups is 4. The average molecular weight is 368 g/mol. The molecule has 0 saturated carbocycles. The molecule has 1 atom stereocenters. The Hall–Kier alpha value is -2.98. The van der Waals surface area contributed by atoms with Gasteiger partial charge in [-0.05, 0) is 25.0 Å². The quantitative estimate of drug-likeness (QED) is 0.708. The van der Waals surface area contributed by atoms with E-state index in [2.05, 4.69) is 19.6 Å². The van der Waals surface area contributed by atoms with E-state index in [-0.39, 0.29) is 42.4 Å². The highest BCUT2D eigenvalue weighted by atomic mass is 17.2. The number of aliphatic hydroxyl groups excluding tert-OH is 2. The van der Waals surface area contributed by atoms with Crippen LogP contribution in [0.15, 0.2) is 18.2 Å². The molecule has 1 aromatic carbocycles. The van der Waals surface area contributed by atoms with Crippen LogP contribution in [-0.4, -0.2) is 40.7 Å². The highest BCUT2D eigenvalue weighted by Crippen LogP contribution is 2.25. The van der Waals surface area contributed by atoms with Crippen LogP contribution in [0.2, 0.25) is 0 Å². The fraction of sp³-hybridized carbons (Fsp3) is 0.375. The monoisotopic (exact) mass is 368 g/mol. The van der Waals surface area contributed by atoms with Gasteiger partial charge in [0.2, 0.25) is 0 Å². The summed E-state index contributed by atoms with van der Waals surface area (Å²) in [5.74, 6) is -4.01. The lowest BCUT2D eigenvalue weighted by molar-refractivity contribution is -0.235. The summed E-state index contributed by atoms with van der Waals surface area (Å²) < 4.78 is 0. The molecule has 0 spiro atoms. The first-order valence-corrected chi connectivity index (χ1v) is 7.69. The van der Waals surface area contributed by atoms with E-state index in [0.717, 1.165) is 0 Å². The molecular weight excluding hydrogens is 352 g/mol. The van der Waals surface area contributed by atoms with E-state index in [4.69, 9.17) is 0 Å². The Bertz CT molecular complexity index is 659. The SMILES string of the molecule is O=C1CCCCC(=O)OOC(=O)c2cccc(c2C(O)CO)C(=O)OO1. The Labute approximate surface area is 147 Å². The fourth-order valence-electron chi connectivity index (χ4n) is 2.25. The van der Waals surface area contributed by atoms with Crippen molar-refractivity contribution in [3.05, 3.63) is 34.9 Å². The van der Waals surface area contributed by atoms with Gasteiger partial charge in [0.15, 0.2) is 0 Å². The maximum atomic E-state index is 12.1. The molecular formula is C16H16O10. The van der Waals surface area contributed by atoms with Crippen molar-refractivity contribution in [2.75, 3.05) is 6.61 Å². The first-order chi connectivity index (χ1) is 12.4. The Morgan fingerprint density at radius 1 is 0.846 bits per heavy atom. The van der Waals surface area contributed by atoms with Crippen LogP contribution in [0.25, 0.3) is 0 Å². The van der Waals surface area contributed by atoms with Crippen molar-refractivity contribution in [2.45, 2.75) is 31.8 Å². The number of hydrogen-bond acceptors (Lipinski definition) is 10. The number of hydrogen-bond donors (Lipinski definition) is 2. The van der Waals surface area contributed by atoms with Gasteiger partial charge in [-0.15, -0.1) is 0 Å². The standard InChI is InChI=1S/C16H16O10/c17-8-11(18)14-9-4-3-5-10(14)16(22)26-24-13(20)7-2-1-6-12(19)23-25-15(9)21/h3-5,11,17-18H,1-2,6-8H2. The summed E-state index contributed by atoms with van der Waals surface area (Å²) in [6.45, 7) is -0.829. The lowest BCUT2D eigenvalue weighted by Crippen LogP contribution is -2.20. The summed E-state index contributed by atoms with van der Waals surface area (Å²) in [4.78, 5) is 64.9. The molecule has 1 aliphatic heterocycles. The van der Waals surface area contributed by atoms with Crippen molar-refractivity contribution in [1.29, 1.82) is 0 Å². The Morgan fingerprint density at radius 2 is 1.31 bits per heavy atom. The van der Waals surface area contributed by atoms with Gasteiger partial charge in [-0.3, -0.25) is 0 Å². The summed E-state index contributed by atoms with van der Waals surface area (Å²) in [5, 5.41) is 19.2. The van der Waals surface area contributed by atoms with Crippen molar-refractivity contribution < 1.29 is 48.9 Å². The van der Waals surface area contributed by atoms with Crippen molar-refractivity contribution >= 4 is 23.9 Å². The first-order valence-electron chi connectivity index (χ1n) is 7.69. The van der Waals surface area contributed by atoms with Crippen LogP contribution in [0.3, 0.4) is 0 Å². The van der Waals surface area contributed by atoms with Gasteiger partial charge in [-0.25, -0.2) is 38.7 Å². The number of carbonyl (C=O) groups excluding carboxylic acids is 4. The van der Waals surface area contributed by atoms with E-state index in [1.54, 1.807) is 0 Å². The zero-order valence-electron chi connectivity index (χ0n) is 13.5. The van der Waals surface area contributed by atoms with E-state index in [9.17, 15) is 29.4 Å². The molecule has 1 heterocycles. The molecule has 1 aliphatic rings. The highest BCUT2D eigenvalue weighted by Gasteiger charge is 2.28. The van der Waals surface area contributed by atoms with Gasteiger partial charge in [0.25, 0.3) is 0 Å². The molecule has 0 amide bonds. The molecule has 0 saturated heterocycles. The van der Waals surface area contributed by atoms with Gasteiger partial charge in [0.1, 0.15) is 6.10 Å². The molecule has 0 aliphatic carbocycles. The summed E-state index contributed by atoms with van der Waals surface area (Å²) in [6.07, 6.45) is -1.38. The predicted molar refractivity (Wildman–Crippen MR) is 80.0 cm³/mol. The molecule has 1 unspecified atom stereocenters. The average Bonchev–Trinajstić information content (AvgIpc) is 2.65. The zero-order valence-corrected chi connectivity index (χ0v) is 13.5. The van der Waals surface area contributed by atoms with Gasteiger partial charge >= 0.3 is 23.9 Å². The molecule has 140 valence electrons. The lowest BCUT2D eigenvalue weighted by Gasteiger charge is -2.15. The van der Waals surface area contributed by atoms with Crippen LogP contribution >= 0.6 is 0 Å². The molecule has 10 heteroatoms. The zero-order chi connectivity index (χ0) is 19.1. The van der Waals surface area contributed by atoms with Crippen LogP contribution < -0.4 is 0 Å². The number of benzene rings is 1. The third kappa shape index (κ3) is 4.77. The molecule has 26 heavy (non-hydrogen) atoms. The van der Waals surface area contributed by atoms with Gasteiger partial charge in [-0.1, -0.05) is 6.07 Å². The van der Waals surface area contributed by atoms with Gasteiger partial charge < -0.3 is 10.2 Å². The summed E-state index contributed by atoms with van der Waals surface area (Å²) in [6, 6.07) is 3.64. The van der Waals surface area contributed by atoms with Crippen molar-refractivity contribution in [1.82, 2.24) is 0 Å². The van der Waals surface area contributed by atoms with Gasteiger partial charge in [0.05, 0.1) is 30.6 Å². The molecule has 0 aromatic heterocycles. The Balaban J connectivity index is 2.41. The molecule has 2 rings (SSSR count). The Morgan fingerprint density at radius 3 is 1.73 bits per heavy atom. The van der Waals surface area contributed by atoms with Crippen molar-refractivity contribution in [2.24, 2.45) is 0 Å². The molecule has 0 radical (unpaired) electrons. The van der Waals surface area contributed by atoms with E-state index in [0.29, 0.717) is 0 Å². The lowest BCUT2D eigenvalue weighted by atomic mass is 9.96. The summed E-state index contributed by atoms with van der Waals surface area (Å²) in [7, 11) is 0. The van der Waals surface area contributed by atoms with E-state index < -0.39 is 36.6 Å². The maximum Gasteiger partial charge on any atom is 0.386 e. The highest BCUT2D eigenvalue weighted by molar-refractivity contribution is 5.98. The van der Waals surface area contributed by atoms with Crippen LogP contribution in [0.1, 0.15) is 58.1 Å². The smallest absolute Gasteiger partial charge is 0.386 e. The summed E-state index contributed by atoms with van der Waals surface area (Å²) >= 11 is 0. The third-order valence-electron chi connectivity index (χ3n) is 3.48. The molecule has 10 nitrogen and oxygen atoms in total. The van der Waals surface area contributed by atoms with Crippen molar-refractivity contribution in [3.8, 4) is 0 Å². The van der Waals surface area contributed by atoms with Gasteiger partial charge in [0, 0.05) is 5.56 Å².